The van der Waals surface area contributed by atoms with Crippen molar-refractivity contribution in [3.63, 3.8) is 0 Å². The molecule has 0 saturated carbocycles. The molecule has 0 fully saturated rings. The van der Waals surface area contributed by atoms with Crippen molar-refractivity contribution in [2.24, 2.45) is 0 Å². The molecule has 0 N–H and O–H groups in total. The minimum absolute atomic E-state index is 0.0172. The predicted molar refractivity (Wildman–Crippen MR) is 53.3 cm³/mol. The third-order valence-corrected chi connectivity index (χ3v) is 2.62. The fourth-order valence-electron chi connectivity index (χ4n) is 0.616. The fraction of sp³-hybridized carbons (Fsp3) is 0.625. The summed E-state index contributed by atoms with van der Waals surface area (Å²) in [5, 5.41) is 0. The summed E-state index contributed by atoms with van der Waals surface area (Å²) >= 11 is 0. The van der Waals surface area contributed by atoms with Crippen molar-refractivity contribution in [1.82, 2.24) is 0 Å². The second kappa shape index (κ2) is 7.59. The number of carbonyl (C=O) groups excluding carboxylic acids is 1. The molecule has 0 rings (SSSR count). The minimum Gasteiger partial charge on any atom is -0.379 e. The Balaban J connectivity index is 4.02. The summed E-state index contributed by atoms with van der Waals surface area (Å²) in [7, 11) is -2.69. The van der Waals surface area contributed by atoms with Gasteiger partial charge < -0.3 is 9.26 Å². The Kier molecular flexibility index (Phi) is 7.25. The number of hydrogen-bond donors (Lipinski definition) is 0. The lowest BCUT2D eigenvalue weighted by Gasteiger charge is -2.14. The molecule has 0 aromatic rings. The SMILES string of the molecule is C=CC(=O)OP(=O)(OC)OCCOCC. The van der Waals surface area contributed by atoms with Crippen molar-refractivity contribution in [2.75, 3.05) is 26.9 Å². The highest BCUT2D eigenvalue weighted by Gasteiger charge is 2.28. The summed E-state index contributed by atoms with van der Waals surface area (Å²) in [6.45, 7) is 5.75. The van der Waals surface area contributed by atoms with Crippen molar-refractivity contribution in [1.29, 1.82) is 0 Å². The van der Waals surface area contributed by atoms with Crippen molar-refractivity contribution >= 4 is 13.8 Å². The van der Waals surface area contributed by atoms with Gasteiger partial charge in [0.1, 0.15) is 0 Å². The smallest absolute Gasteiger partial charge is 0.379 e. The van der Waals surface area contributed by atoms with E-state index in [9.17, 15) is 9.36 Å². The van der Waals surface area contributed by atoms with Crippen molar-refractivity contribution in [3.8, 4) is 0 Å². The van der Waals surface area contributed by atoms with Gasteiger partial charge in [0, 0.05) is 19.8 Å². The van der Waals surface area contributed by atoms with E-state index in [1.807, 2.05) is 6.92 Å². The van der Waals surface area contributed by atoms with Crippen LogP contribution in [0.15, 0.2) is 12.7 Å². The van der Waals surface area contributed by atoms with Gasteiger partial charge in [-0.05, 0) is 6.92 Å². The van der Waals surface area contributed by atoms with Crippen LogP contribution >= 0.6 is 7.82 Å². The van der Waals surface area contributed by atoms with Crippen molar-refractivity contribution < 1.29 is 27.7 Å². The highest BCUT2D eigenvalue weighted by atomic mass is 31.2. The molecule has 15 heavy (non-hydrogen) atoms. The van der Waals surface area contributed by atoms with E-state index >= 15 is 0 Å². The first-order valence-electron chi connectivity index (χ1n) is 4.32. The first-order valence-corrected chi connectivity index (χ1v) is 5.78. The van der Waals surface area contributed by atoms with Gasteiger partial charge in [-0.1, -0.05) is 6.58 Å². The normalized spacial score (nSPS) is 14.3. The van der Waals surface area contributed by atoms with Crippen LogP contribution in [0.3, 0.4) is 0 Å². The Morgan fingerprint density at radius 3 is 2.60 bits per heavy atom. The molecule has 6 nitrogen and oxygen atoms in total. The maximum Gasteiger partial charge on any atom is 0.532 e. The van der Waals surface area contributed by atoms with E-state index < -0.39 is 13.8 Å². The minimum atomic E-state index is -3.81. The van der Waals surface area contributed by atoms with Crippen LogP contribution < -0.4 is 0 Å². The molecule has 0 heterocycles. The molecule has 0 bridgehead atoms. The molecule has 0 spiro atoms. The molecule has 0 aromatic carbocycles. The van der Waals surface area contributed by atoms with Gasteiger partial charge in [0.25, 0.3) is 0 Å². The fourth-order valence-corrected chi connectivity index (χ4v) is 1.44. The number of carbonyl (C=O) groups is 1. The second-order valence-corrected chi connectivity index (χ2v) is 3.97. The molecule has 0 aliphatic heterocycles. The lowest BCUT2D eigenvalue weighted by molar-refractivity contribution is -0.130. The monoisotopic (exact) mass is 238 g/mol. The molecule has 0 radical (unpaired) electrons. The largest absolute Gasteiger partial charge is 0.532 e. The first-order chi connectivity index (χ1) is 7.08. The van der Waals surface area contributed by atoms with Gasteiger partial charge in [0.05, 0.1) is 13.2 Å². The van der Waals surface area contributed by atoms with E-state index in [1.54, 1.807) is 0 Å². The van der Waals surface area contributed by atoms with Crippen LogP contribution in [0.2, 0.25) is 0 Å². The van der Waals surface area contributed by atoms with Gasteiger partial charge in [-0.3, -0.25) is 9.05 Å². The van der Waals surface area contributed by atoms with E-state index in [0.717, 1.165) is 13.2 Å². The zero-order valence-corrected chi connectivity index (χ0v) is 9.70. The summed E-state index contributed by atoms with van der Waals surface area (Å²) in [6.07, 6.45) is 0.873. The third kappa shape index (κ3) is 6.41. The number of rotatable bonds is 8. The zero-order valence-electron chi connectivity index (χ0n) is 8.80. The molecule has 88 valence electrons. The molecule has 0 amide bonds. The Labute approximate surface area is 88.8 Å². The van der Waals surface area contributed by atoms with Crippen LogP contribution in [-0.2, 0) is 27.7 Å². The van der Waals surface area contributed by atoms with Crippen LogP contribution in [0.25, 0.3) is 0 Å². The lowest BCUT2D eigenvalue weighted by Crippen LogP contribution is -2.07. The van der Waals surface area contributed by atoms with Crippen LogP contribution in [0.1, 0.15) is 6.92 Å². The average molecular weight is 238 g/mol. The summed E-state index contributed by atoms with van der Waals surface area (Å²) < 4.78 is 30.1. The number of phosphoric acid groups is 1. The first kappa shape index (κ1) is 14.3. The van der Waals surface area contributed by atoms with E-state index in [2.05, 4.69) is 15.6 Å². The maximum atomic E-state index is 11.5. The molecule has 0 aliphatic carbocycles. The zero-order chi connectivity index (χ0) is 11.7. The molecular formula is C8H15O6P. The van der Waals surface area contributed by atoms with Gasteiger partial charge in [-0.15, -0.1) is 0 Å². The maximum absolute atomic E-state index is 11.5. The Bertz CT molecular complexity index is 252. The van der Waals surface area contributed by atoms with Gasteiger partial charge in [-0.2, -0.15) is 0 Å². The topological polar surface area (TPSA) is 71.1 Å². The highest BCUT2D eigenvalue weighted by Crippen LogP contribution is 2.48. The standard InChI is InChI=1S/C8H15O6P/c1-4-8(9)14-15(10,11-3)13-7-6-12-5-2/h4H,1,5-7H2,2-3H3. The lowest BCUT2D eigenvalue weighted by atomic mass is 10.7. The highest BCUT2D eigenvalue weighted by molar-refractivity contribution is 7.49. The molecule has 1 atom stereocenters. The third-order valence-electron chi connectivity index (χ3n) is 1.27. The van der Waals surface area contributed by atoms with E-state index in [0.29, 0.717) is 6.61 Å². The van der Waals surface area contributed by atoms with Crippen LogP contribution in [0.4, 0.5) is 0 Å². The van der Waals surface area contributed by atoms with Gasteiger partial charge >= 0.3 is 13.8 Å². The summed E-state index contributed by atoms with van der Waals surface area (Å²) in [6, 6.07) is 0. The quantitative estimate of drug-likeness (QED) is 0.362. The van der Waals surface area contributed by atoms with E-state index in [-0.39, 0.29) is 13.2 Å². The molecule has 7 heteroatoms. The van der Waals surface area contributed by atoms with Gasteiger partial charge in [0.15, 0.2) is 0 Å². The van der Waals surface area contributed by atoms with E-state index in [4.69, 9.17) is 9.26 Å². The van der Waals surface area contributed by atoms with Crippen LogP contribution in [-0.4, -0.2) is 32.9 Å². The molecule has 0 saturated heterocycles. The van der Waals surface area contributed by atoms with Gasteiger partial charge in [0.2, 0.25) is 0 Å². The molecule has 0 aromatic heterocycles. The number of phosphoric ester groups is 1. The molecule has 1 unspecified atom stereocenters. The summed E-state index contributed by atoms with van der Waals surface area (Å²) in [5.41, 5.74) is 0. The number of hydrogen-bond acceptors (Lipinski definition) is 6. The Hall–Kier alpha value is -0.680. The Morgan fingerprint density at radius 2 is 2.13 bits per heavy atom. The van der Waals surface area contributed by atoms with Crippen LogP contribution in [0.5, 0.6) is 0 Å². The summed E-state index contributed by atoms with van der Waals surface area (Å²) in [4.78, 5) is 10.8. The predicted octanol–water partition coefficient (Wildman–Crippen LogP) is 1.52. The average Bonchev–Trinajstić information content (AvgIpc) is 2.24. The second-order valence-electron chi connectivity index (χ2n) is 2.27. The number of ether oxygens (including phenoxy) is 1. The van der Waals surface area contributed by atoms with Crippen molar-refractivity contribution in [3.05, 3.63) is 12.7 Å². The summed E-state index contributed by atoms with van der Waals surface area (Å²) in [5.74, 6) is -0.864. The molecule has 0 aliphatic rings. The Morgan fingerprint density at radius 1 is 1.47 bits per heavy atom. The molecular weight excluding hydrogens is 223 g/mol. The van der Waals surface area contributed by atoms with E-state index in [1.165, 1.54) is 0 Å². The van der Waals surface area contributed by atoms with Crippen molar-refractivity contribution in [2.45, 2.75) is 6.92 Å². The van der Waals surface area contributed by atoms with Gasteiger partial charge in [-0.25, -0.2) is 9.36 Å². The van der Waals surface area contributed by atoms with Crippen LogP contribution in [0, 0.1) is 0 Å².